The van der Waals surface area contributed by atoms with Crippen molar-refractivity contribution < 1.29 is 4.39 Å². The lowest BCUT2D eigenvalue weighted by Crippen LogP contribution is -2.35. The van der Waals surface area contributed by atoms with Gasteiger partial charge in [-0.2, -0.15) is 0 Å². The Balaban J connectivity index is 1.92. The van der Waals surface area contributed by atoms with E-state index in [2.05, 4.69) is 14.9 Å². The van der Waals surface area contributed by atoms with Crippen molar-refractivity contribution in [1.29, 1.82) is 0 Å². The fourth-order valence-corrected chi connectivity index (χ4v) is 2.15. The van der Waals surface area contributed by atoms with Crippen LogP contribution in [0.1, 0.15) is 25.0 Å². The highest BCUT2D eigenvalue weighted by molar-refractivity contribution is 4.95. The Kier molecular flexibility index (Phi) is 2.82. The van der Waals surface area contributed by atoms with E-state index in [1.54, 1.807) is 12.5 Å². The van der Waals surface area contributed by atoms with E-state index in [0.29, 0.717) is 0 Å². The molecule has 1 N–H and O–H groups in total. The first-order chi connectivity index (χ1) is 6.77. The van der Waals surface area contributed by atoms with Crippen LogP contribution in [0.2, 0.25) is 0 Å². The van der Waals surface area contributed by atoms with Crippen molar-refractivity contribution in [3.8, 4) is 0 Å². The largest absolute Gasteiger partial charge is 0.347 e. The van der Waals surface area contributed by atoms with Crippen LogP contribution in [0, 0.1) is 0 Å². The van der Waals surface area contributed by atoms with Gasteiger partial charge in [0.05, 0.1) is 6.33 Å². The van der Waals surface area contributed by atoms with E-state index in [1.165, 1.54) is 0 Å². The second kappa shape index (κ2) is 4.09. The second-order valence-electron chi connectivity index (χ2n) is 4.01. The maximum absolute atomic E-state index is 13.4. The summed E-state index contributed by atoms with van der Waals surface area (Å²) in [5.41, 5.74) is 1.05. The molecular formula is C10H16FN3. The quantitative estimate of drug-likeness (QED) is 0.800. The molecule has 0 amide bonds. The Morgan fingerprint density at radius 2 is 2.50 bits per heavy atom. The molecule has 4 heteroatoms. The molecule has 2 unspecified atom stereocenters. The molecule has 1 fully saturated rings. The number of aromatic amines is 1. The molecule has 1 aliphatic rings. The van der Waals surface area contributed by atoms with Crippen LogP contribution in [0.5, 0.6) is 0 Å². The second-order valence-corrected chi connectivity index (χ2v) is 4.01. The van der Waals surface area contributed by atoms with Crippen molar-refractivity contribution in [3.63, 3.8) is 0 Å². The topological polar surface area (TPSA) is 31.9 Å². The summed E-state index contributed by atoms with van der Waals surface area (Å²) in [6, 6.07) is 0.0956. The molecule has 1 aromatic heterocycles. The lowest BCUT2D eigenvalue weighted by atomic mass is 10.2. The van der Waals surface area contributed by atoms with Crippen molar-refractivity contribution in [1.82, 2.24) is 14.9 Å². The van der Waals surface area contributed by atoms with Crippen LogP contribution in [0.25, 0.3) is 0 Å². The number of rotatable bonds is 3. The van der Waals surface area contributed by atoms with Crippen LogP contribution >= 0.6 is 0 Å². The highest BCUT2D eigenvalue weighted by Gasteiger charge is 2.30. The van der Waals surface area contributed by atoms with Gasteiger partial charge >= 0.3 is 0 Å². The lowest BCUT2D eigenvalue weighted by molar-refractivity contribution is 0.152. The van der Waals surface area contributed by atoms with E-state index in [4.69, 9.17) is 0 Å². The van der Waals surface area contributed by atoms with Crippen molar-refractivity contribution in [2.75, 3.05) is 7.05 Å². The maximum Gasteiger partial charge on any atom is 0.116 e. The first-order valence-electron chi connectivity index (χ1n) is 5.09. The minimum absolute atomic E-state index is 0.0956. The molecule has 1 aliphatic carbocycles. The zero-order valence-electron chi connectivity index (χ0n) is 8.41. The Bertz CT molecular complexity index is 273. The standard InChI is InChI=1S/C10H16FN3/c1-14(6-8-5-12-7-13-8)10-4-2-3-9(10)11/h5,7,9-10H,2-4,6H2,1H3,(H,12,13). The van der Waals surface area contributed by atoms with E-state index < -0.39 is 6.17 Å². The molecule has 0 saturated heterocycles. The molecule has 3 nitrogen and oxygen atoms in total. The number of halogens is 1. The molecule has 0 bridgehead atoms. The molecule has 2 atom stereocenters. The molecule has 1 saturated carbocycles. The van der Waals surface area contributed by atoms with Gasteiger partial charge in [0.25, 0.3) is 0 Å². The van der Waals surface area contributed by atoms with Crippen molar-refractivity contribution in [3.05, 3.63) is 18.2 Å². The molecule has 1 heterocycles. The highest BCUT2D eigenvalue weighted by Crippen LogP contribution is 2.26. The third kappa shape index (κ3) is 1.95. The van der Waals surface area contributed by atoms with Crippen LogP contribution in [0.3, 0.4) is 0 Å². The fraction of sp³-hybridized carbons (Fsp3) is 0.700. The monoisotopic (exact) mass is 197 g/mol. The fourth-order valence-electron chi connectivity index (χ4n) is 2.15. The number of alkyl halides is 1. The van der Waals surface area contributed by atoms with Crippen LogP contribution in [-0.4, -0.2) is 34.1 Å². The third-order valence-electron chi connectivity index (χ3n) is 2.94. The van der Waals surface area contributed by atoms with E-state index in [1.807, 2.05) is 7.05 Å². The summed E-state index contributed by atoms with van der Waals surface area (Å²) in [6.45, 7) is 0.755. The Labute approximate surface area is 83.3 Å². The zero-order chi connectivity index (χ0) is 9.97. The summed E-state index contributed by atoms with van der Waals surface area (Å²) < 4.78 is 13.4. The molecule has 2 rings (SSSR count). The summed E-state index contributed by atoms with van der Waals surface area (Å²) >= 11 is 0. The SMILES string of the molecule is CN(Cc1cnc[nH]1)C1CCCC1F. The van der Waals surface area contributed by atoms with E-state index in [0.717, 1.165) is 31.5 Å². The van der Waals surface area contributed by atoms with Gasteiger partial charge in [-0.25, -0.2) is 9.37 Å². The Morgan fingerprint density at radius 3 is 3.07 bits per heavy atom. The summed E-state index contributed by atoms with van der Waals surface area (Å²) in [5, 5.41) is 0. The normalized spacial score (nSPS) is 27.4. The summed E-state index contributed by atoms with van der Waals surface area (Å²) in [4.78, 5) is 9.05. The molecule has 14 heavy (non-hydrogen) atoms. The van der Waals surface area contributed by atoms with Gasteiger partial charge in [-0.15, -0.1) is 0 Å². The average Bonchev–Trinajstić information content (AvgIpc) is 2.75. The van der Waals surface area contributed by atoms with Gasteiger partial charge in [-0.1, -0.05) is 0 Å². The number of nitrogens with one attached hydrogen (secondary N) is 1. The minimum atomic E-state index is -0.650. The number of hydrogen-bond donors (Lipinski definition) is 1. The maximum atomic E-state index is 13.4. The van der Waals surface area contributed by atoms with Crippen LogP contribution in [0.4, 0.5) is 4.39 Å². The summed E-state index contributed by atoms with van der Waals surface area (Å²) in [7, 11) is 1.98. The van der Waals surface area contributed by atoms with Crippen LogP contribution in [0.15, 0.2) is 12.5 Å². The number of hydrogen-bond acceptors (Lipinski definition) is 2. The molecular weight excluding hydrogens is 181 g/mol. The Hall–Kier alpha value is -0.900. The molecule has 0 aromatic carbocycles. The number of imidazole rings is 1. The predicted octanol–water partition coefficient (Wildman–Crippen LogP) is 1.73. The molecule has 78 valence electrons. The molecule has 1 aromatic rings. The number of nitrogens with zero attached hydrogens (tertiary/aromatic N) is 2. The van der Waals surface area contributed by atoms with Crippen LogP contribution in [-0.2, 0) is 6.54 Å². The third-order valence-corrected chi connectivity index (χ3v) is 2.94. The van der Waals surface area contributed by atoms with Crippen molar-refractivity contribution in [2.45, 2.75) is 38.0 Å². The lowest BCUT2D eigenvalue weighted by Gasteiger charge is -2.25. The minimum Gasteiger partial charge on any atom is -0.347 e. The van der Waals surface area contributed by atoms with Gasteiger partial charge in [0.1, 0.15) is 6.17 Å². The predicted molar refractivity (Wildman–Crippen MR) is 52.6 cm³/mol. The first kappa shape index (κ1) is 9.65. The summed E-state index contributed by atoms with van der Waals surface area (Å²) in [6.07, 6.45) is 5.51. The van der Waals surface area contributed by atoms with E-state index in [-0.39, 0.29) is 6.04 Å². The van der Waals surface area contributed by atoms with Crippen molar-refractivity contribution in [2.24, 2.45) is 0 Å². The van der Waals surface area contributed by atoms with Crippen LogP contribution < -0.4 is 0 Å². The van der Waals surface area contributed by atoms with E-state index in [9.17, 15) is 4.39 Å². The highest BCUT2D eigenvalue weighted by atomic mass is 19.1. The molecule has 0 aliphatic heterocycles. The average molecular weight is 197 g/mol. The zero-order valence-corrected chi connectivity index (χ0v) is 8.41. The van der Waals surface area contributed by atoms with Gasteiger partial charge in [0.15, 0.2) is 0 Å². The van der Waals surface area contributed by atoms with Gasteiger partial charge in [-0.05, 0) is 26.3 Å². The smallest absolute Gasteiger partial charge is 0.116 e. The van der Waals surface area contributed by atoms with Gasteiger partial charge in [0.2, 0.25) is 0 Å². The summed E-state index contributed by atoms with van der Waals surface area (Å²) in [5.74, 6) is 0. The van der Waals surface area contributed by atoms with Gasteiger partial charge < -0.3 is 4.98 Å². The molecule has 0 radical (unpaired) electrons. The first-order valence-corrected chi connectivity index (χ1v) is 5.09. The number of aromatic nitrogens is 2. The van der Waals surface area contributed by atoms with Gasteiger partial charge in [-0.3, -0.25) is 4.90 Å². The Morgan fingerprint density at radius 1 is 1.64 bits per heavy atom. The van der Waals surface area contributed by atoms with Crippen molar-refractivity contribution >= 4 is 0 Å². The van der Waals surface area contributed by atoms with Gasteiger partial charge in [0, 0.05) is 24.5 Å². The number of H-pyrrole nitrogens is 1. The van der Waals surface area contributed by atoms with E-state index >= 15 is 0 Å². The molecule has 0 spiro atoms.